The first kappa shape index (κ1) is 27.9. The van der Waals surface area contributed by atoms with Crippen molar-refractivity contribution in [3.63, 3.8) is 0 Å². The van der Waals surface area contributed by atoms with E-state index in [1.807, 2.05) is 6.07 Å². The predicted octanol–water partition coefficient (Wildman–Crippen LogP) is 11.4. The van der Waals surface area contributed by atoms with E-state index in [1.54, 1.807) is 0 Å². The Hall–Kier alpha value is -6.98. The van der Waals surface area contributed by atoms with Crippen LogP contribution < -0.4 is 0 Å². The topological polar surface area (TPSA) is 40.6 Å². The van der Waals surface area contributed by atoms with E-state index in [1.165, 1.54) is 32.3 Å². The zero-order valence-corrected chi connectivity index (χ0v) is 27.5. The lowest BCUT2D eigenvalue weighted by molar-refractivity contribution is 1.01. The molecule has 0 aliphatic heterocycles. The van der Waals surface area contributed by atoms with E-state index < -0.39 is 0 Å². The molecule has 0 amide bonds. The Morgan fingerprint density at radius 1 is 0.392 bits per heavy atom. The molecule has 0 saturated carbocycles. The summed E-state index contributed by atoms with van der Waals surface area (Å²) in [5, 5.41) is 8.21. The van der Waals surface area contributed by atoms with Crippen LogP contribution in [0.15, 0.2) is 176 Å². The van der Waals surface area contributed by atoms with E-state index in [0.29, 0.717) is 5.95 Å². The average Bonchev–Trinajstić information content (AvgIpc) is 3.89. The van der Waals surface area contributed by atoms with Crippen LogP contribution in [0, 0.1) is 0 Å². The SMILES string of the molecule is c1ccc(-n2cc3nc(-n4c5ccccc5c5c6ccccc6ccc54)nc(-c4cccc5c6ccccc6n(-c6ccccc6)c45)c3c2)cc1. The zero-order valence-electron chi connectivity index (χ0n) is 27.5. The monoisotopic (exact) mass is 651 g/mol. The highest BCUT2D eigenvalue weighted by atomic mass is 15.2. The molecule has 0 atom stereocenters. The van der Waals surface area contributed by atoms with Crippen LogP contribution in [0.2, 0.25) is 0 Å². The second kappa shape index (κ2) is 10.8. The summed E-state index contributed by atoms with van der Waals surface area (Å²) in [6, 6.07) is 58.0. The van der Waals surface area contributed by atoms with Gasteiger partial charge in [-0.15, -0.1) is 0 Å². The van der Waals surface area contributed by atoms with Gasteiger partial charge in [0.1, 0.15) is 0 Å². The summed E-state index contributed by atoms with van der Waals surface area (Å²) < 4.78 is 6.79. The Balaban J connectivity index is 1.29. The zero-order chi connectivity index (χ0) is 33.5. The van der Waals surface area contributed by atoms with Gasteiger partial charge in [-0.25, -0.2) is 9.97 Å². The second-order valence-electron chi connectivity index (χ2n) is 13.1. The fraction of sp³-hybridized carbons (Fsp3) is 0. The quantitative estimate of drug-likeness (QED) is 0.190. The Bertz CT molecular complexity index is 3130. The first-order chi connectivity index (χ1) is 25.3. The number of rotatable bonds is 4. The third-order valence-corrected chi connectivity index (χ3v) is 10.3. The number of hydrogen-bond donors (Lipinski definition) is 0. The minimum atomic E-state index is 0.643. The van der Waals surface area contributed by atoms with E-state index >= 15 is 0 Å². The highest BCUT2D eigenvalue weighted by Gasteiger charge is 2.23. The van der Waals surface area contributed by atoms with Crippen molar-refractivity contribution in [1.82, 2.24) is 23.7 Å². The molecule has 238 valence electrons. The van der Waals surface area contributed by atoms with Crippen molar-refractivity contribution in [2.24, 2.45) is 0 Å². The van der Waals surface area contributed by atoms with Crippen molar-refractivity contribution >= 4 is 65.3 Å². The van der Waals surface area contributed by atoms with Crippen molar-refractivity contribution in [3.8, 4) is 28.6 Å². The van der Waals surface area contributed by atoms with E-state index in [4.69, 9.17) is 9.97 Å². The molecule has 4 aromatic heterocycles. The van der Waals surface area contributed by atoms with Gasteiger partial charge in [-0.1, -0.05) is 121 Å². The maximum absolute atomic E-state index is 5.58. The molecular weight excluding hydrogens is 623 g/mol. The summed E-state index contributed by atoms with van der Waals surface area (Å²) in [6.07, 6.45) is 4.31. The van der Waals surface area contributed by atoms with Crippen LogP contribution in [0.1, 0.15) is 0 Å². The molecule has 0 aliphatic carbocycles. The molecule has 7 aromatic carbocycles. The maximum Gasteiger partial charge on any atom is 0.235 e. The Labute approximate surface area is 292 Å². The number of aromatic nitrogens is 5. The number of hydrogen-bond acceptors (Lipinski definition) is 2. The molecule has 51 heavy (non-hydrogen) atoms. The third kappa shape index (κ3) is 4.09. The van der Waals surface area contributed by atoms with Crippen molar-refractivity contribution in [2.75, 3.05) is 0 Å². The van der Waals surface area contributed by atoms with Gasteiger partial charge < -0.3 is 9.13 Å². The van der Waals surface area contributed by atoms with Gasteiger partial charge in [-0.05, 0) is 53.2 Å². The first-order valence-electron chi connectivity index (χ1n) is 17.3. The van der Waals surface area contributed by atoms with Crippen LogP contribution in [0.4, 0.5) is 0 Å². The van der Waals surface area contributed by atoms with Crippen LogP contribution in [-0.4, -0.2) is 23.7 Å². The Morgan fingerprint density at radius 2 is 1.04 bits per heavy atom. The molecule has 5 nitrogen and oxygen atoms in total. The van der Waals surface area contributed by atoms with Crippen LogP contribution in [0.5, 0.6) is 0 Å². The summed E-state index contributed by atoms with van der Waals surface area (Å²) in [7, 11) is 0. The molecule has 5 heteroatoms. The van der Waals surface area contributed by atoms with Crippen molar-refractivity contribution in [3.05, 3.63) is 176 Å². The highest BCUT2D eigenvalue weighted by Crippen LogP contribution is 2.41. The molecule has 0 spiro atoms. The fourth-order valence-corrected chi connectivity index (χ4v) is 8.07. The van der Waals surface area contributed by atoms with Gasteiger partial charge in [-0.3, -0.25) is 4.57 Å². The van der Waals surface area contributed by atoms with Crippen LogP contribution in [0.25, 0.3) is 93.9 Å². The van der Waals surface area contributed by atoms with Gasteiger partial charge in [0.25, 0.3) is 0 Å². The number of nitrogens with zero attached hydrogens (tertiary/aromatic N) is 5. The highest BCUT2D eigenvalue weighted by molar-refractivity contribution is 6.21. The molecule has 0 saturated heterocycles. The second-order valence-corrected chi connectivity index (χ2v) is 13.1. The number of fused-ring (bicyclic) bond motifs is 9. The molecular formula is C46H29N5. The average molecular weight is 652 g/mol. The van der Waals surface area contributed by atoms with Crippen LogP contribution in [0.3, 0.4) is 0 Å². The minimum absolute atomic E-state index is 0.643. The van der Waals surface area contributed by atoms with Gasteiger partial charge in [0.05, 0.1) is 33.3 Å². The molecule has 4 heterocycles. The van der Waals surface area contributed by atoms with Gasteiger partial charge in [-0.2, -0.15) is 0 Å². The maximum atomic E-state index is 5.58. The summed E-state index contributed by atoms with van der Waals surface area (Å²) in [4.78, 5) is 10.9. The van der Waals surface area contributed by atoms with Crippen molar-refractivity contribution in [1.29, 1.82) is 0 Å². The number of benzene rings is 7. The Morgan fingerprint density at radius 3 is 1.84 bits per heavy atom. The largest absolute Gasteiger partial charge is 0.321 e. The summed E-state index contributed by atoms with van der Waals surface area (Å²) in [5.74, 6) is 0.643. The number of para-hydroxylation sites is 5. The van der Waals surface area contributed by atoms with E-state index in [9.17, 15) is 0 Å². The first-order valence-corrected chi connectivity index (χ1v) is 17.3. The van der Waals surface area contributed by atoms with Crippen LogP contribution >= 0.6 is 0 Å². The van der Waals surface area contributed by atoms with E-state index in [0.717, 1.165) is 55.6 Å². The van der Waals surface area contributed by atoms with E-state index in [2.05, 4.69) is 184 Å². The lowest BCUT2D eigenvalue weighted by atomic mass is 10.0. The molecule has 0 radical (unpaired) electrons. The van der Waals surface area contributed by atoms with Gasteiger partial charge in [0.2, 0.25) is 5.95 Å². The molecule has 0 bridgehead atoms. The summed E-state index contributed by atoms with van der Waals surface area (Å²) in [6.45, 7) is 0. The standard InChI is InChI=1S/C46H29N5/c1-3-15-31(16-4-1)49-28-38-39(29-49)47-46(51-41-25-12-10-21-36(41)43-33-19-8-7-14-30(33)26-27-42(43)51)48-44(38)37-23-13-22-35-34-20-9-11-24-40(34)50(45(35)37)32-17-5-2-6-18-32/h1-29H. The lowest BCUT2D eigenvalue weighted by Crippen LogP contribution is -2.03. The van der Waals surface area contributed by atoms with Gasteiger partial charge >= 0.3 is 0 Å². The smallest absolute Gasteiger partial charge is 0.235 e. The van der Waals surface area contributed by atoms with Gasteiger partial charge in [0, 0.05) is 56.3 Å². The molecule has 11 rings (SSSR count). The summed E-state index contributed by atoms with van der Waals surface area (Å²) in [5.41, 5.74) is 9.45. The normalized spacial score (nSPS) is 11.9. The Kier molecular flexibility index (Phi) is 5.89. The van der Waals surface area contributed by atoms with E-state index in [-0.39, 0.29) is 0 Å². The molecule has 0 unspecified atom stereocenters. The predicted molar refractivity (Wildman–Crippen MR) is 210 cm³/mol. The third-order valence-electron chi connectivity index (χ3n) is 10.3. The van der Waals surface area contributed by atoms with Crippen molar-refractivity contribution < 1.29 is 0 Å². The fourth-order valence-electron chi connectivity index (χ4n) is 8.07. The molecule has 0 fully saturated rings. The molecule has 0 N–H and O–H groups in total. The van der Waals surface area contributed by atoms with Crippen molar-refractivity contribution in [2.45, 2.75) is 0 Å². The molecule has 11 aromatic rings. The summed E-state index contributed by atoms with van der Waals surface area (Å²) >= 11 is 0. The van der Waals surface area contributed by atoms with Gasteiger partial charge in [0.15, 0.2) is 0 Å². The lowest BCUT2D eigenvalue weighted by Gasteiger charge is -2.13. The van der Waals surface area contributed by atoms with Crippen LogP contribution in [-0.2, 0) is 0 Å². The molecule has 0 aliphatic rings. The minimum Gasteiger partial charge on any atom is -0.321 e.